The maximum absolute atomic E-state index is 5.26. The molecule has 0 unspecified atom stereocenters. The lowest BCUT2D eigenvalue weighted by molar-refractivity contribution is -0.00184. The highest BCUT2D eigenvalue weighted by Gasteiger charge is 2.15. The number of hydrogen-bond acceptors (Lipinski definition) is 5. The Labute approximate surface area is 98.8 Å². The van der Waals surface area contributed by atoms with Gasteiger partial charge in [0.05, 0.1) is 18.3 Å². The SMILES string of the molecule is CO[C@H](C)CN(C[C@@H](C)OC)C[C@@H](C)ON. The zero-order valence-electron chi connectivity index (χ0n) is 11.1. The zero-order valence-corrected chi connectivity index (χ0v) is 11.1. The van der Waals surface area contributed by atoms with Crippen molar-refractivity contribution in [1.29, 1.82) is 0 Å². The topological polar surface area (TPSA) is 57.0 Å². The maximum Gasteiger partial charge on any atom is 0.0885 e. The first-order valence-electron chi connectivity index (χ1n) is 5.66. The summed E-state index contributed by atoms with van der Waals surface area (Å²) in [4.78, 5) is 7.02. The predicted octanol–water partition coefficient (Wildman–Crippen LogP) is 0.637. The highest BCUT2D eigenvalue weighted by Crippen LogP contribution is 2.02. The first kappa shape index (κ1) is 15.8. The molecule has 0 saturated heterocycles. The summed E-state index contributed by atoms with van der Waals surface area (Å²) in [6.07, 6.45) is 0.385. The molecular formula is C11H26N2O3. The minimum atomic E-state index is 0.00751. The van der Waals surface area contributed by atoms with Crippen LogP contribution in [0.4, 0.5) is 0 Å². The molecule has 0 spiro atoms. The Balaban J connectivity index is 4.15. The summed E-state index contributed by atoms with van der Waals surface area (Å²) in [5.74, 6) is 5.16. The summed E-state index contributed by atoms with van der Waals surface area (Å²) >= 11 is 0. The van der Waals surface area contributed by atoms with E-state index in [1.165, 1.54) is 0 Å². The summed E-state index contributed by atoms with van der Waals surface area (Å²) in [5, 5.41) is 0. The van der Waals surface area contributed by atoms with Gasteiger partial charge in [-0.2, -0.15) is 0 Å². The van der Waals surface area contributed by atoms with Crippen molar-refractivity contribution in [2.24, 2.45) is 5.90 Å². The summed E-state index contributed by atoms with van der Waals surface area (Å²) in [6.45, 7) is 8.49. The van der Waals surface area contributed by atoms with Gasteiger partial charge in [0.2, 0.25) is 0 Å². The molecule has 0 rings (SSSR count). The Morgan fingerprint density at radius 1 is 0.875 bits per heavy atom. The minimum absolute atomic E-state index is 0.00751. The normalized spacial score (nSPS) is 17.4. The molecule has 16 heavy (non-hydrogen) atoms. The van der Waals surface area contributed by atoms with E-state index in [0.29, 0.717) is 0 Å². The molecule has 0 fully saturated rings. The molecule has 0 aliphatic carbocycles. The van der Waals surface area contributed by atoms with Gasteiger partial charge in [0.25, 0.3) is 0 Å². The molecule has 0 radical (unpaired) electrons. The van der Waals surface area contributed by atoms with E-state index in [9.17, 15) is 0 Å². The van der Waals surface area contributed by atoms with Crippen LogP contribution in [0.15, 0.2) is 0 Å². The number of ether oxygens (including phenoxy) is 2. The van der Waals surface area contributed by atoms with Gasteiger partial charge in [0.1, 0.15) is 0 Å². The van der Waals surface area contributed by atoms with Crippen LogP contribution in [-0.4, -0.2) is 57.1 Å². The van der Waals surface area contributed by atoms with Crippen LogP contribution in [0.1, 0.15) is 20.8 Å². The fraction of sp³-hybridized carbons (Fsp3) is 1.00. The number of methoxy groups -OCH3 is 2. The Kier molecular flexibility index (Phi) is 8.78. The Bertz CT molecular complexity index is 141. The van der Waals surface area contributed by atoms with Crippen LogP contribution in [0.3, 0.4) is 0 Å². The fourth-order valence-electron chi connectivity index (χ4n) is 1.51. The van der Waals surface area contributed by atoms with Crippen LogP contribution in [0, 0.1) is 0 Å². The predicted molar refractivity (Wildman–Crippen MR) is 64.1 cm³/mol. The highest BCUT2D eigenvalue weighted by molar-refractivity contribution is 4.68. The van der Waals surface area contributed by atoms with E-state index < -0.39 is 0 Å². The van der Waals surface area contributed by atoms with Crippen molar-refractivity contribution in [2.45, 2.75) is 39.1 Å². The number of hydrogen-bond donors (Lipinski definition) is 1. The average Bonchev–Trinajstić information content (AvgIpc) is 2.28. The van der Waals surface area contributed by atoms with Crippen molar-refractivity contribution < 1.29 is 14.3 Å². The third kappa shape index (κ3) is 7.14. The molecule has 0 aliphatic heterocycles. The van der Waals surface area contributed by atoms with Crippen LogP contribution in [-0.2, 0) is 14.3 Å². The maximum atomic E-state index is 5.26. The van der Waals surface area contributed by atoms with E-state index >= 15 is 0 Å². The van der Waals surface area contributed by atoms with Gasteiger partial charge >= 0.3 is 0 Å². The van der Waals surface area contributed by atoms with Gasteiger partial charge in [-0.15, -0.1) is 0 Å². The molecule has 5 heteroatoms. The van der Waals surface area contributed by atoms with E-state index in [2.05, 4.69) is 4.90 Å². The van der Waals surface area contributed by atoms with Crippen LogP contribution >= 0.6 is 0 Å². The second-order valence-electron chi connectivity index (χ2n) is 4.26. The summed E-state index contributed by atoms with van der Waals surface area (Å²) < 4.78 is 10.5. The lowest BCUT2D eigenvalue weighted by Gasteiger charge is -2.29. The second-order valence-corrected chi connectivity index (χ2v) is 4.26. The van der Waals surface area contributed by atoms with E-state index in [1.54, 1.807) is 14.2 Å². The molecule has 0 aromatic rings. The van der Waals surface area contributed by atoms with Crippen LogP contribution in [0.25, 0.3) is 0 Å². The third-order valence-corrected chi connectivity index (χ3v) is 2.58. The van der Waals surface area contributed by atoms with Crippen molar-refractivity contribution in [2.75, 3.05) is 33.9 Å². The minimum Gasteiger partial charge on any atom is -0.380 e. The Morgan fingerprint density at radius 3 is 1.56 bits per heavy atom. The molecule has 5 nitrogen and oxygen atoms in total. The molecule has 98 valence electrons. The van der Waals surface area contributed by atoms with Gasteiger partial charge in [-0.1, -0.05) is 0 Å². The number of nitrogens with zero attached hydrogens (tertiary/aromatic N) is 1. The fourth-order valence-corrected chi connectivity index (χ4v) is 1.51. The first-order chi connectivity index (χ1) is 7.53. The lowest BCUT2D eigenvalue weighted by Crippen LogP contribution is -2.42. The number of rotatable bonds is 9. The Hall–Kier alpha value is -0.200. The third-order valence-electron chi connectivity index (χ3n) is 2.58. The molecular weight excluding hydrogens is 208 g/mol. The molecule has 0 aromatic carbocycles. The molecule has 0 amide bonds. The first-order valence-corrected chi connectivity index (χ1v) is 5.66. The van der Waals surface area contributed by atoms with Crippen LogP contribution in [0.5, 0.6) is 0 Å². The molecule has 0 aromatic heterocycles. The van der Waals surface area contributed by atoms with E-state index in [4.69, 9.17) is 20.2 Å². The monoisotopic (exact) mass is 234 g/mol. The molecule has 3 atom stereocenters. The standard InChI is InChI=1S/C11H26N2O3/c1-9(14-4)6-13(7-10(2)15-5)8-11(3)16-12/h9-11H,6-8,12H2,1-5H3/t9-,10-,11-/m1/s1. The largest absolute Gasteiger partial charge is 0.380 e. The molecule has 0 heterocycles. The van der Waals surface area contributed by atoms with Gasteiger partial charge in [0.15, 0.2) is 0 Å². The van der Waals surface area contributed by atoms with E-state index in [-0.39, 0.29) is 18.3 Å². The van der Waals surface area contributed by atoms with Gasteiger partial charge in [0, 0.05) is 33.9 Å². The lowest BCUT2D eigenvalue weighted by atomic mass is 10.2. The van der Waals surface area contributed by atoms with Crippen molar-refractivity contribution in [1.82, 2.24) is 4.90 Å². The quantitative estimate of drug-likeness (QED) is 0.593. The van der Waals surface area contributed by atoms with Crippen molar-refractivity contribution in [3.63, 3.8) is 0 Å². The van der Waals surface area contributed by atoms with Crippen LogP contribution in [0.2, 0.25) is 0 Å². The van der Waals surface area contributed by atoms with Gasteiger partial charge in [-0.25, -0.2) is 5.90 Å². The molecule has 0 saturated carbocycles. The van der Waals surface area contributed by atoms with Crippen molar-refractivity contribution in [3.05, 3.63) is 0 Å². The smallest absolute Gasteiger partial charge is 0.0885 e. The molecule has 0 bridgehead atoms. The molecule has 2 N–H and O–H groups in total. The van der Waals surface area contributed by atoms with E-state index in [0.717, 1.165) is 19.6 Å². The highest BCUT2D eigenvalue weighted by atomic mass is 16.6. The molecule has 0 aliphatic rings. The van der Waals surface area contributed by atoms with Crippen molar-refractivity contribution in [3.8, 4) is 0 Å². The van der Waals surface area contributed by atoms with Crippen LogP contribution < -0.4 is 5.90 Å². The number of nitrogens with two attached hydrogens (primary N) is 1. The average molecular weight is 234 g/mol. The van der Waals surface area contributed by atoms with E-state index in [1.807, 2.05) is 20.8 Å². The zero-order chi connectivity index (χ0) is 12.6. The summed E-state index contributed by atoms with van der Waals surface area (Å²) in [5.41, 5.74) is 0. The van der Waals surface area contributed by atoms with Gasteiger partial charge in [-0.3, -0.25) is 4.90 Å². The van der Waals surface area contributed by atoms with Gasteiger partial charge in [-0.05, 0) is 20.8 Å². The summed E-state index contributed by atoms with van der Waals surface area (Å²) in [6, 6.07) is 0. The van der Waals surface area contributed by atoms with Crippen molar-refractivity contribution >= 4 is 0 Å². The second kappa shape index (κ2) is 8.90. The Morgan fingerprint density at radius 2 is 1.25 bits per heavy atom. The summed E-state index contributed by atoms with van der Waals surface area (Å²) in [7, 11) is 3.43. The van der Waals surface area contributed by atoms with Gasteiger partial charge < -0.3 is 14.3 Å².